The molecule has 0 saturated heterocycles. The summed E-state index contributed by atoms with van der Waals surface area (Å²) in [6.45, 7) is 3.27. The van der Waals surface area contributed by atoms with Gasteiger partial charge in [-0.2, -0.15) is 0 Å². The number of hydrogen-bond donors (Lipinski definition) is 2. The monoisotopic (exact) mass is 282 g/mol. The van der Waals surface area contributed by atoms with Crippen LogP contribution in [0.1, 0.15) is 52.4 Å². The first-order valence-corrected chi connectivity index (χ1v) is 6.60. The smallest absolute Gasteiger partial charge is 0.300 e. The Morgan fingerprint density at radius 2 is 1.73 bits per heavy atom. The average Bonchev–Trinajstić information content (AvgIpc) is 2.14. The summed E-state index contributed by atoms with van der Waals surface area (Å²) in [4.78, 5) is 9.00. The van der Waals surface area contributed by atoms with Gasteiger partial charge in [-0.25, -0.2) is 0 Å². The van der Waals surface area contributed by atoms with E-state index in [4.69, 9.17) is 9.90 Å². The molecule has 0 aromatic rings. The molecule has 1 unspecified atom stereocenters. The largest absolute Gasteiger partial charge is 0.481 e. The second kappa shape index (κ2) is 13.9. The normalized spacial score (nSPS) is 11.5. The van der Waals surface area contributed by atoms with E-state index in [-0.39, 0.29) is 6.10 Å². The number of aliphatic carboxylic acids is 1. The van der Waals surface area contributed by atoms with Gasteiger partial charge in [0.1, 0.15) is 0 Å². The number of rotatable bonds is 7. The second-order valence-electron chi connectivity index (χ2n) is 3.50. The summed E-state index contributed by atoms with van der Waals surface area (Å²) in [7, 11) is 0. The fourth-order valence-electron chi connectivity index (χ4n) is 1.09. The van der Waals surface area contributed by atoms with Crippen LogP contribution in [0.4, 0.5) is 0 Å². The van der Waals surface area contributed by atoms with Crippen LogP contribution in [0.2, 0.25) is 0 Å². The van der Waals surface area contributed by atoms with Gasteiger partial charge < -0.3 is 10.2 Å². The van der Waals surface area contributed by atoms with Gasteiger partial charge >= 0.3 is 0 Å². The Labute approximate surface area is 101 Å². The predicted molar refractivity (Wildman–Crippen MR) is 66.5 cm³/mol. The Bertz CT molecular complexity index is 136. The molecule has 0 amide bonds. The lowest BCUT2D eigenvalue weighted by molar-refractivity contribution is -0.134. The molecule has 3 nitrogen and oxygen atoms in total. The molecule has 0 heterocycles. The number of carbonyl (C=O) groups is 1. The van der Waals surface area contributed by atoms with Crippen molar-refractivity contribution in [3.63, 3.8) is 0 Å². The fraction of sp³-hybridized carbons (Fsp3) is 0.909. The van der Waals surface area contributed by atoms with Gasteiger partial charge in [0.2, 0.25) is 0 Å². The van der Waals surface area contributed by atoms with Crippen molar-refractivity contribution in [3.05, 3.63) is 0 Å². The molecule has 0 saturated carbocycles. The van der Waals surface area contributed by atoms with Crippen LogP contribution in [-0.2, 0) is 4.79 Å². The molecule has 0 radical (unpaired) electrons. The molecule has 0 bridgehead atoms. The molecular weight excluding hydrogens is 260 g/mol. The molecule has 92 valence electrons. The van der Waals surface area contributed by atoms with E-state index >= 15 is 0 Å². The van der Waals surface area contributed by atoms with Crippen molar-refractivity contribution in [1.82, 2.24) is 0 Å². The molecular formula is C11H23BrO3. The molecule has 0 fully saturated rings. The summed E-state index contributed by atoms with van der Waals surface area (Å²) in [6, 6.07) is 0. The highest BCUT2D eigenvalue weighted by atomic mass is 79.9. The zero-order valence-corrected chi connectivity index (χ0v) is 11.3. The van der Waals surface area contributed by atoms with Gasteiger partial charge in [-0.05, 0) is 19.3 Å². The summed E-state index contributed by atoms with van der Waals surface area (Å²) in [5.41, 5.74) is 0. The van der Waals surface area contributed by atoms with E-state index in [1.807, 2.05) is 0 Å². The highest BCUT2D eigenvalue weighted by molar-refractivity contribution is 9.09. The Hall–Kier alpha value is -0.0900. The minimum atomic E-state index is -0.833. The summed E-state index contributed by atoms with van der Waals surface area (Å²) >= 11 is 3.35. The third kappa shape index (κ3) is 24.9. The first kappa shape index (κ1) is 17.3. The lowest BCUT2D eigenvalue weighted by Gasteiger charge is -2.07. The van der Waals surface area contributed by atoms with Crippen molar-refractivity contribution in [2.45, 2.75) is 58.5 Å². The lowest BCUT2D eigenvalue weighted by atomic mass is 10.1. The third-order valence-corrected chi connectivity index (χ3v) is 2.37. The van der Waals surface area contributed by atoms with Crippen LogP contribution in [-0.4, -0.2) is 27.6 Å². The van der Waals surface area contributed by atoms with Gasteiger partial charge in [-0.3, -0.25) is 4.79 Å². The van der Waals surface area contributed by atoms with Crippen LogP contribution in [0, 0.1) is 0 Å². The summed E-state index contributed by atoms with van der Waals surface area (Å²) in [5.74, 6) is -0.833. The van der Waals surface area contributed by atoms with Gasteiger partial charge in [0.05, 0.1) is 6.10 Å². The number of aliphatic hydroxyl groups excluding tert-OH is 1. The molecule has 2 N–H and O–H groups in total. The Balaban J connectivity index is 0. The van der Waals surface area contributed by atoms with Crippen molar-refractivity contribution in [3.8, 4) is 0 Å². The van der Waals surface area contributed by atoms with Crippen LogP contribution < -0.4 is 0 Å². The van der Waals surface area contributed by atoms with E-state index in [0.717, 1.165) is 31.5 Å². The maximum atomic E-state index is 9.39. The van der Waals surface area contributed by atoms with Gasteiger partial charge in [-0.1, -0.05) is 42.1 Å². The van der Waals surface area contributed by atoms with Crippen molar-refractivity contribution in [1.29, 1.82) is 0 Å². The Morgan fingerprint density at radius 1 is 1.27 bits per heavy atom. The van der Waals surface area contributed by atoms with Crippen LogP contribution in [0.5, 0.6) is 0 Å². The topological polar surface area (TPSA) is 57.5 Å². The third-order valence-electron chi connectivity index (χ3n) is 1.81. The van der Waals surface area contributed by atoms with Gasteiger partial charge in [0.25, 0.3) is 5.97 Å². The molecule has 0 aromatic carbocycles. The first-order chi connectivity index (χ1) is 7.04. The molecule has 0 aromatic heterocycles. The second-order valence-corrected chi connectivity index (χ2v) is 4.29. The maximum Gasteiger partial charge on any atom is 0.300 e. The van der Waals surface area contributed by atoms with E-state index in [2.05, 4.69) is 22.9 Å². The molecule has 1 atom stereocenters. The predicted octanol–water partition coefficient (Wildman–Crippen LogP) is 3.19. The zero-order valence-electron chi connectivity index (χ0n) is 9.71. The fourth-order valence-corrected chi connectivity index (χ4v) is 1.41. The minimum Gasteiger partial charge on any atom is -0.481 e. The van der Waals surface area contributed by atoms with Crippen LogP contribution in [0.25, 0.3) is 0 Å². The van der Waals surface area contributed by atoms with Crippen molar-refractivity contribution < 1.29 is 15.0 Å². The van der Waals surface area contributed by atoms with E-state index in [9.17, 15) is 5.11 Å². The highest BCUT2D eigenvalue weighted by Crippen LogP contribution is 2.08. The van der Waals surface area contributed by atoms with Crippen molar-refractivity contribution in [2.75, 3.05) is 5.33 Å². The number of hydrogen-bond acceptors (Lipinski definition) is 2. The quantitative estimate of drug-likeness (QED) is 0.557. The van der Waals surface area contributed by atoms with E-state index in [1.54, 1.807) is 0 Å². The molecule has 15 heavy (non-hydrogen) atoms. The number of halogens is 1. The first-order valence-electron chi connectivity index (χ1n) is 5.48. The highest BCUT2D eigenvalue weighted by Gasteiger charge is 2.01. The van der Waals surface area contributed by atoms with Crippen LogP contribution >= 0.6 is 15.9 Å². The van der Waals surface area contributed by atoms with E-state index < -0.39 is 5.97 Å². The van der Waals surface area contributed by atoms with Gasteiger partial charge in [0.15, 0.2) is 0 Å². The molecule has 0 spiro atoms. The SMILES string of the molecule is CC(=O)O.CCCCCC(O)CCCBr. The standard InChI is InChI=1S/C9H19BrO.C2H4O2/c1-2-3-4-6-9(11)7-5-8-10;1-2(3)4/h9,11H,2-8H2,1H3;1H3,(H,3,4). The van der Waals surface area contributed by atoms with Gasteiger partial charge in [0, 0.05) is 12.3 Å². The summed E-state index contributed by atoms with van der Waals surface area (Å²) in [6.07, 6.45) is 6.65. The van der Waals surface area contributed by atoms with Crippen LogP contribution in [0.3, 0.4) is 0 Å². The maximum absolute atomic E-state index is 9.39. The Morgan fingerprint density at radius 3 is 2.13 bits per heavy atom. The van der Waals surface area contributed by atoms with E-state index in [1.165, 1.54) is 19.3 Å². The molecule has 0 rings (SSSR count). The lowest BCUT2D eigenvalue weighted by Crippen LogP contribution is -2.05. The zero-order chi connectivity index (χ0) is 12.1. The van der Waals surface area contributed by atoms with Crippen molar-refractivity contribution >= 4 is 21.9 Å². The summed E-state index contributed by atoms with van der Waals surface area (Å²) < 4.78 is 0. The Kier molecular flexibility index (Phi) is 16.1. The number of carboxylic acids is 1. The number of unbranched alkanes of at least 4 members (excludes halogenated alkanes) is 2. The average molecular weight is 283 g/mol. The molecule has 0 aliphatic rings. The molecule has 0 aliphatic carbocycles. The van der Waals surface area contributed by atoms with Crippen LogP contribution in [0.15, 0.2) is 0 Å². The molecule has 4 heteroatoms. The van der Waals surface area contributed by atoms with Crippen molar-refractivity contribution in [2.24, 2.45) is 0 Å². The molecule has 0 aliphatic heterocycles. The minimum absolute atomic E-state index is 0.0564. The number of aliphatic hydroxyl groups is 1. The van der Waals surface area contributed by atoms with Gasteiger partial charge in [-0.15, -0.1) is 0 Å². The van der Waals surface area contributed by atoms with E-state index in [0.29, 0.717) is 0 Å². The summed E-state index contributed by atoms with van der Waals surface area (Å²) in [5, 5.41) is 17.8. The number of alkyl halides is 1. The number of carboxylic acid groups (broad SMARTS) is 1.